The maximum absolute atomic E-state index is 10.1. The van der Waals surface area contributed by atoms with E-state index >= 15 is 0 Å². The van der Waals surface area contributed by atoms with E-state index in [0.29, 0.717) is 12.0 Å². The summed E-state index contributed by atoms with van der Waals surface area (Å²) in [5, 5.41) is 14.0. The van der Waals surface area contributed by atoms with E-state index in [-0.39, 0.29) is 12.6 Å². The van der Waals surface area contributed by atoms with E-state index in [1.54, 1.807) is 0 Å². The average Bonchev–Trinajstić information content (AvgIpc) is 2.68. The third kappa shape index (κ3) is 5.21. The molecule has 0 heterocycles. The number of aliphatic hydroxyl groups is 1. The summed E-state index contributed by atoms with van der Waals surface area (Å²) in [5.41, 5.74) is 5.38. The second kappa shape index (κ2) is 9.52. The van der Waals surface area contributed by atoms with Crippen LogP contribution in [-0.2, 0) is 6.42 Å². The fourth-order valence-electron chi connectivity index (χ4n) is 4.57. The molecule has 2 aromatic carbocycles. The van der Waals surface area contributed by atoms with Crippen molar-refractivity contribution in [1.29, 1.82) is 0 Å². The summed E-state index contributed by atoms with van der Waals surface area (Å²) >= 11 is 0. The van der Waals surface area contributed by atoms with Crippen LogP contribution in [0.15, 0.2) is 48.5 Å². The standard InChI is InChI=1S/C25H35NO/c1-18-12-14-21(15-13-18)25(24-11-7-5-9-20(24)3)26-23(17-27)16-22-10-6-4-8-19(22)2/h4-11,18,21,23,25-27H,12-17H2,1-3H3. The van der Waals surface area contributed by atoms with Gasteiger partial charge in [-0.2, -0.15) is 0 Å². The van der Waals surface area contributed by atoms with E-state index in [9.17, 15) is 5.11 Å². The fourth-order valence-corrected chi connectivity index (χ4v) is 4.57. The summed E-state index contributed by atoms with van der Waals surface area (Å²) in [7, 11) is 0. The summed E-state index contributed by atoms with van der Waals surface area (Å²) in [6.45, 7) is 6.91. The van der Waals surface area contributed by atoms with Crippen molar-refractivity contribution in [3.8, 4) is 0 Å². The van der Waals surface area contributed by atoms with Crippen molar-refractivity contribution in [2.75, 3.05) is 6.61 Å². The maximum atomic E-state index is 10.1. The van der Waals surface area contributed by atoms with E-state index in [0.717, 1.165) is 12.3 Å². The lowest BCUT2D eigenvalue weighted by Gasteiger charge is -2.36. The lowest BCUT2D eigenvalue weighted by molar-refractivity contribution is 0.183. The van der Waals surface area contributed by atoms with Crippen molar-refractivity contribution in [3.05, 3.63) is 70.8 Å². The van der Waals surface area contributed by atoms with Gasteiger partial charge < -0.3 is 10.4 Å². The molecule has 146 valence electrons. The largest absolute Gasteiger partial charge is 0.395 e. The molecular weight excluding hydrogens is 330 g/mol. The first-order chi connectivity index (χ1) is 13.1. The van der Waals surface area contributed by atoms with Gasteiger partial charge in [-0.1, -0.05) is 68.3 Å². The molecule has 1 aliphatic carbocycles. The van der Waals surface area contributed by atoms with Crippen molar-refractivity contribution < 1.29 is 5.11 Å². The molecule has 0 saturated heterocycles. The minimum atomic E-state index is 0.0788. The SMILES string of the molecule is Cc1ccccc1CC(CO)NC(c1ccccc1C)C1CCC(C)CC1. The van der Waals surface area contributed by atoms with Crippen molar-refractivity contribution in [2.45, 2.75) is 65.0 Å². The van der Waals surface area contributed by atoms with Crippen molar-refractivity contribution in [3.63, 3.8) is 0 Å². The maximum Gasteiger partial charge on any atom is 0.0588 e. The zero-order chi connectivity index (χ0) is 19.2. The molecule has 2 heteroatoms. The normalized spacial score (nSPS) is 22.4. The lowest BCUT2D eigenvalue weighted by Crippen LogP contribution is -2.41. The van der Waals surface area contributed by atoms with Gasteiger partial charge in [0.2, 0.25) is 0 Å². The Hall–Kier alpha value is -1.64. The molecule has 2 unspecified atom stereocenters. The van der Waals surface area contributed by atoms with Gasteiger partial charge in [-0.3, -0.25) is 0 Å². The number of benzene rings is 2. The van der Waals surface area contributed by atoms with Crippen LogP contribution in [0.25, 0.3) is 0 Å². The fraction of sp³-hybridized carbons (Fsp3) is 0.520. The Bertz CT molecular complexity index is 718. The van der Waals surface area contributed by atoms with Gasteiger partial charge in [-0.05, 0) is 67.2 Å². The highest BCUT2D eigenvalue weighted by Crippen LogP contribution is 2.38. The van der Waals surface area contributed by atoms with E-state index in [1.165, 1.54) is 47.9 Å². The number of hydrogen-bond donors (Lipinski definition) is 2. The van der Waals surface area contributed by atoms with Gasteiger partial charge in [0.15, 0.2) is 0 Å². The molecule has 1 fully saturated rings. The molecule has 2 aromatic rings. The first kappa shape index (κ1) is 20.1. The highest BCUT2D eigenvalue weighted by molar-refractivity contribution is 5.30. The van der Waals surface area contributed by atoms with Crippen LogP contribution in [-0.4, -0.2) is 17.8 Å². The van der Waals surface area contributed by atoms with Crippen LogP contribution in [0.2, 0.25) is 0 Å². The Morgan fingerprint density at radius 1 is 0.926 bits per heavy atom. The zero-order valence-electron chi connectivity index (χ0n) is 17.1. The highest BCUT2D eigenvalue weighted by atomic mass is 16.3. The van der Waals surface area contributed by atoms with Crippen LogP contribution in [0.5, 0.6) is 0 Å². The number of aliphatic hydroxyl groups excluding tert-OH is 1. The van der Waals surface area contributed by atoms with Gasteiger partial charge in [0, 0.05) is 12.1 Å². The summed E-state index contributed by atoms with van der Waals surface area (Å²) in [4.78, 5) is 0. The molecule has 0 aromatic heterocycles. The van der Waals surface area contributed by atoms with Gasteiger partial charge in [0.25, 0.3) is 0 Å². The van der Waals surface area contributed by atoms with Crippen molar-refractivity contribution >= 4 is 0 Å². The third-order valence-corrected chi connectivity index (χ3v) is 6.42. The topological polar surface area (TPSA) is 32.3 Å². The average molecular weight is 366 g/mol. The van der Waals surface area contributed by atoms with E-state index in [1.807, 2.05) is 0 Å². The van der Waals surface area contributed by atoms with E-state index in [4.69, 9.17) is 0 Å². The monoisotopic (exact) mass is 365 g/mol. The Morgan fingerprint density at radius 3 is 2.19 bits per heavy atom. The first-order valence-corrected chi connectivity index (χ1v) is 10.6. The predicted molar refractivity (Wildman–Crippen MR) is 114 cm³/mol. The van der Waals surface area contributed by atoms with Crippen LogP contribution < -0.4 is 5.32 Å². The number of hydrogen-bond acceptors (Lipinski definition) is 2. The quantitative estimate of drug-likeness (QED) is 0.692. The molecule has 0 aliphatic heterocycles. The Kier molecular flexibility index (Phi) is 7.09. The summed E-state index contributed by atoms with van der Waals surface area (Å²) in [5.74, 6) is 1.49. The smallest absolute Gasteiger partial charge is 0.0588 e. The molecule has 3 rings (SSSR count). The van der Waals surface area contributed by atoms with Gasteiger partial charge in [-0.25, -0.2) is 0 Å². The summed E-state index contributed by atoms with van der Waals surface area (Å²) in [6.07, 6.45) is 6.05. The summed E-state index contributed by atoms with van der Waals surface area (Å²) in [6, 6.07) is 17.7. The van der Waals surface area contributed by atoms with E-state index < -0.39 is 0 Å². The minimum absolute atomic E-state index is 0.0788. The Labute approximate surface area is 165 Å². The minimum Gasteiger partial charge on any atom is -0.395 e. The Morgan fingerprint density at radius 2 is 1.56 bits per heavy atom. The lowest BCUT2D eigenvalue weighted by atomic mass is 9.76. The van der Waals surface area contributed by atoms with Crippen molar-refractivity contribution in [1.82, 2.24) is 5.32 Å². The van der Waals surface area contributed by atoms with Crippen LogP contribution in [0.1, 0.15) is 60.9 Å². The molecule has 1 aliphatic rings. The van der Waals surface area contributed by atoms with Crippen LogP contribution in [0.4, 0.5) is 0 Å². The molecule has 2 atom stereocenters. The number of nitrogens with one attached hydrogen (secondary N) is 1. The van der Waals surface area contributed by atoms with Gasteiger partial charge in [0.05, 0.1) is 6.61 Å². The van der Waals surface area contributed by atoms with E-state index in [2.05, 4.69) is 74.6 Å². The van der Waals surface area contributed by atoms with Gasteiger partial charge >= 0.3 is 0 Å². The second-order valence-corrected chi connectivity index (χ2v) is 8.53. The molecule has 0 bridgehead atoms. The van der Waals surface area contributed by atoms with Gasteiger partial charge in [0.1, 0.15) is 0 Å². The molecule has 0 amide bonds. The molecule has 2 N–H and O–H groups in total. The van der Waals surface area contributed by atoms with Crippen LogP contribution >= 0.6 is 0 Å². The van der Waals surface area contributed by atoms with Crippen LogP contribution in [0.3, 0.4) is 0 Å². The zero-order valence-corrected chi connectivity index (χ0v) is 17.1. The van der Waals surface area contributed by atoms with Crippen LogP contribution in [0, 0.1) is 25.7 Å². The molecule has 1 saturated carbocycles. The number of rotatable bonds is 7. The highest BCUT2D eigenvalue weighted by Gasteiger charge is 2.29. The Balaban J connectivity index is 1.81. The predicted octanol–water partition coefficient (Wildman–Crippen LogP) is 5.36. The molecule has 0 spiro atoms. The van der Waals surface area contributed by atoms with Gasteiger partial charge in [-0.15, -0.1) is 0 Å². The van der Waals surface area contributed by atoms with Crippen molar-refractivity contribution in [2.24, 2.45) is 11.8 Å². The first-order valence-electron chi connectivity index (χ1n) is 10.6. The summed E-state index contributed by atoms with van der Waals surface area (Å²) < 4.78 is 0. The molecule has 27 heavy (non-hydrogen) atoms. The molecule has 2 nitrogen and oxygen atoms in total. The third-order valence-electron chi connectivity index (χ3n) is 6.42. The number of aryl methyl sites for hydroxylation is 2. The molecule has 0 radical (unpaired) electrons. The molecular formula is C25H35NO. The second-order valence-electron chi connectivity index (χ2n) is 8.53.